The number of benzene rings is 1. The van der Waals surface area contributed by atoms with Crippen LogP contribution in [0.3, 0.4) is 0 Å². The van der Waals surface area contributed by atoms with Gasteiger partial charge in [-0.05, 0) is 36.6 Å². The van der Waals surface area contributed by atoms with E-state index in [1.165, 1.54) is 10.5 Å². The molecule has 0 amide bonds. The van der Waals surface area contributed by atoms with Gasteiger partial charge in [0.25, 0.3) is 0 Å². The third-order valence-corrected chi connectivity index (χ3v) is 4.22. The number of thioether (sulfide) groups is 1. The Balaban J connectivity index is 2.15. The highest BCUT2D eigenvalue weighted by molar-refractivity contribution is 8.21. The Labute approximate surface area is 129 Å². The molecule has 1 aromatic carbocycles. The predicted octanol–water partition coefficient (Wildman–Crippen LogP) is 5.26. The number of hydrogen-bond acceptors (Lipinski definition) is 3. The van der Waals surface area contributed by atoms with Gasteiger partial charge in [-0.3, -0.25) is 0 Å². The third kappa shape index (κ3) is 4.02. The highest BCUT2D eigenvalue weighted by Gasteiger charge is 2.13. The lowest BCUT2D eigenvalue weighted by Crippen LogP contribution is -1.99. The molecule has 0 aliphatic carbocycles. The minimum atomic E-state index is 0.481. The summed E-state index contributed by atoms with van der Waals surface area (Å²) in [5.41, 5.74) is 2.33. The molecular weight excluding hydrogens is 288 g/mol. The number of hydrogen-bond donors (Lipinski definition) is 1. The number of nitrogens with zero attached hydrogens (tertiary/aromatic N) is 1. The molecule has 0 fully saturated rings. The highest BCUT2D eigenvalue weighted by Crippen LogP contribution is 2.35. The van der Waals surface area contributed by atoms with Gasteiger partial charge in [-0.1, -0.05) is 54.2 Å². The lowest BCUT2D eigenvalue weighted by molar-refractivity contribution is 1.11. The van der Waals surface area contributed by atoms with E-state index in [0.717, 1.165) is 23.6 Å². The lowest BCUT2D eigenvalue weighted by Gasteiger charge is -2.15. The number of nitrogens with one attached hydrogen (secondary N) is 1. The molecule has 0 spiro atoms. The molecule has 0 aromatic heterocycles. The third-order valence-electron chi connectivity index (χ3n) is 2.86. The maximum atomic E-state index is 6.01. The van der Waals surface area contributed by atoms with Crippen LogP contribution in [0.2, 0.25) is 0 Å². The second kappa shape index (κ2) is 7.36. The van der Waals surface area contributed by atoms with Crippen molar-refractivity contribution in [3.8, 4) is 0 Å². The molecule has 0 atom stereocenters. The van der Waals surface area contributed by atoms with Gasteiger partial charge in [0.2, 0.25) is 0 Å². The van der Waals surface area contributed by atoms with Crippen LogP contribution in [-0.4, -0.2) is 12.1 Å². The molecule has 1 heterocycles. The van der Waals surface area contributed by atoms with Crippen molar-refractivity contribution in [1.29, 1.82) is 0 Å². The van der Waals surface area contributed by atoms with Crippen LogP contribution in [-0.2, 0) is 0 Å². The fourth-order valence-corrected chi connectivity index (χ4v) is 3.17. The molecule has 20 heavy (non-hydrogen) atoms. The average molecular weight is 305 g/mol. The fraction of sp³-hybridized carbons (Fsp3) is 0.188. The van der Waals surface area contributed by atoms with Crippen LogP contribution in [0.1, 0.15) is 18.4 Å². The predicted molar refractivity (Wildman–Crippen MR) is 92.4 cm³/mol. The largest absolute Gasteiger partial charge is 0.388 e. The molecular formula is C16H17ClN2S. The maximum Gasteiger partial charge on any atom is 0.129 e. The zero-order valence-electron chi connectivity index (χ0n) is 11.4. The summed E-state index contributed by atoms with van der Waals surface area (Å²) >= 11 is 7.69. The van der Waals surface area contributed by atoms with E-state index in [-0.39, 0.29) is 0 Å². The molecule has 104 valence electrons. The topological polar surface area (TPSA) is 24.4 Å². The van der Waals surface area contributed by atoms with Crippen molar-refractivity contribution in [3.63, 3.8) is 0 Å². The SMILES string of the molecule is C=C/C=C(/Cl)N=C1CCC=C(c2ccc(NC)cc2)S1. The van der Waals surface area contributed by atoms with E-state index in [1.807, 2.05) is 7.05 Å². The molecule has 0 unspecified atom stereocenters. The Morgan fingerprint density at radius 1 is 1.40 bits per heavy atom. The van der Waals surface area contributed by atoms with Crippen LogP contribution in [0.5, 0.6) is 0 Å². The van der Waals surface area contributed by atoms with Gasteiger partial charge in [0.1, 0.15) is 5.16 Å². The summed E-state index contributed by atoms with van der Waals surface area (Å²) < 4.78 is 0. The molecule has 0 saturated carbocycles. The van der Waals surface area contributed by atoms with Crippen LogP contribution in [0, 0.1) is 0 Å². The molecule has 4 heteroatoms. The summed E-state index contributed by atoms with van der Waals surface area (Å²) in [5.74, 6) is 0. The number of rotatable bonds is 4. The zero-order chi connectivity index (χ0) is 14.4. The van der Waals surface area contributed by atoms with Crippen LogP contribution in [0.15, 0.2) is 59.2 Å². The van der Waals surface area contributed by atoms with Crippen molar-refractivity contribution in [3.05, 3.63) is 59.8 Å². The molecule has 0 bridgehead atoms. The molecule has 0 radical (unpaired) electrons. The van der Waals surface area contributed by atoms with Gasteiger partial charge >= 0.3 is 0 Å². The standard InChI is InChI=1S/C16H17ClN2S/c1-3-5-15(17)19-16-7-4-6-14(20-16)12-8-10-13(18-2)11-9-12/h3,5-6,8-11,18H,1,4,7H2,2H3/b15-5-,19-16?. The van der Waals surface area contributed by atoms with Crippen molar-refractivity contribution >= 4 is 39.0 Å². The molecule has 1 aliphatic rings. The van der Waals surface area contributed by atoms with Gasteiger partial charge in [-0.2, -0.15) is 0 Å². The minimum Gasteiger partial charge on any atom is -0.388 e. The van der Waals surface area contributed by atoms with E-state index in [9.17, 15) is 0 Å². The summed E-state index contributed by atoms with van der Waals surface area (Å²) in [6.45, 7) is 3.62. The number of halogens is 1. The van der Waals surface area contributed by atoms with Crippen LogP contribution < -0.4 is 5.32 Å². The van der Waals surface area contributed by atoms with Crippen molar-refractivity contribution < 1.29 is 0 Å². The van der Waals surface area contributed by atoms with Gasteiger partial charge in [0.05, 0.1) is 5.04 Å². The number of anilines is 1. The first kappa shape index (κ1) is 14.9. The Kier molecular flexibility index (Phi) is 5.50. The fourth-order valence-electron chi connectivity index (χ4n) is 1.86. The summed E-state index contributed by atoms with van der Waals surface area (Å²) in [6, 6.07) is 8.39. The van der Waals surface area contributed by atoms with E-state index in [1.54, 1.807) is 23.9 Å². The Morgan fingerprint density at radius 3 is 2.80 bits per heavy atom. The molecule has 1 aliphatic heterocycles. The van der Waals surface area contributed by atoms with Gasteiger partial charge < -0.3 is 5.32 Å². The first-order valence-corrected chi connectivity index (χ1v) is 7.64. The first-order valence-electron chi connectivity index (χ1n) is 6.45. The van der Waals surface area contributed by atoms with Gasteiger partial charge in [-0.25, -0.2) is 4.99 Å². The molecule has 1 aromatic rings. The van der Waals surface area contributed by atoms with Crippen molar-refractivity contribution in [2.24, 2.45) is 4.99 Å². The van der Waals surface area contributed by atoms with Gasteiger partial charge in [0, 0.05) is 17.6 Å². The van der Waals surface area contributed by atoms with Gasteiger partial charge in [-0.15, -0.1) is 0 Å². The van der Waals surface area contributed by atoms with Crippen molar-refractivity contribution in [2.45, 2.75) is 12.8 Å². The maximum absolute atomic E-state index is 6.01. The average Bonchev–Trinajstić information content (AvgIpc) is 2.48. The molecule has 2 nitrogen and oxygen atoms in total. The van der Waals surface area contributed by atoms with E-state index >= 15 is 0 Å². The second-order valence-electron chi connectivity index (χ2n) is 4.27. The smallest absolute Gasteiger partial charge is 0.129 e. The quantitative estimate of drug-likeness (QED) is 0.606. The summed E-state index contributed by atoms with van der Waals surface area (Å²) in [4.78, 5) is 5.65. The minimum absolute atomic E-state index is 0.481. The summed E-state index contributed by atoms with van der Waals surface area (Å²) in [7, 11) is 1.92. The number of aliphatic imine (C=N–C) groups is 1. The number of allylic oxidation sites excluding steroid dienone is 3. The van der Waals surface area contributed by atoms with Crippen LogP contribution >= 0.6 is 23.4 Å². The first-order chi connectivity index (χ1) is 9.72. The van der Waals surface area contributed by atoms with Crippen molar-refractivity contribution in [1.82, 2.24) is 0 Å². The molecule has 2 rings (SSSR count). The van der Waals surface area contributed by atoms with E-state index < -0.39 is 0 Å². The summed E-state index contributed by atoms with van der Waals surface area (Å²) in [6.07, 6.45) is 7.53. The van der Waals surface area contributed by atoms with E-state index in [2.05, 4.69) is 47.2 Å². The van der Waals surface area contributed by atoms with E-state index in [4.69, 9.17) is 11.6 Å². The normalized spacial score (nSPS) is 17.8. The second-order valence-corrected chi connectivity index (χ2v) is 5.77. The Morgan fingerprint density at radius 2 is 2.15 bits per heavy atom. The van der Waals surface area contributed by atoms with Gasteiger partial charge in [0.15, 0.2) is 0 Å². The Bertz CT molecular complexity index is 571. The van der Waals surface area contributed by atoms with Crippen LogP contribution in [0.4, 0.5) is 5.69 Å². The molecule has 0 saturated heterocycles. The molecule has 1 N–H and O–H groups in total. The lowest BCUT2D eigenvalue weighted by atomic mass is 10.1. The monoisotopic (exact) mass is 304 g/mol. The zero-order valence-corrected chi connectivity index (χ0v) is 13.0. The van der Waals surface area contributed by atoms with Crippen molar-refractivity contribution in [2.75, 3.05) is 12.4 Å². The van der Waals surface area contributed by atoms with E-state index in [0.29, 0.717) is 5.16 Å². The highest BCUT2D eigenvalue weighted by atomic mass is 35.5. The van der Waals surface area contributed by atoms with Crippen LogP contribution in [0.25, 0.3) is 4.91 Å². The summed E-state index contributed by atoms with van der Waals surface area (Å²) in [5, 5.41) is 4.65. The Hall–Kier alpha value is -1.45.